The highest BCUT2D eigenvalue weighted by molar-refractivity contribution is 7.80. The van der Waals surface area contributed by atoms with Crippen molar-refractivity contribution in [2.45, 2.75) is 30.1 Å². The Labute approximate surface area is 196 Å². The first-order valence-corrected chi connectivity index (χ1v) is 11.8. The summed E-state index contributed by atoms with van der Waals surface area (Å²) in [5.41, 5.74) is 12.3. The molecule has 0 saturated heterocycles. The summed E-state index contributed by atoms with van der Waals surface area (Å²) in [5.74, 6) is -0.179. The largest absolute Gasteiger partial charge is 0.397 e. The van der Waals surface area contributed by atoms with Crippen LogP contribution in [0.5, 0.6) is 0 Å². The third-order valence-electron chi connectivity index (χ3n) is 6.12. The van der Waals surface area contributed by atoms with Crippen molar-refractivity contribution in [3.8, 4) is 11.1 Å². The fourth-order valence-corrected chi connectivity index (χ4v) is 5.08. The lowest BCUT2D eigenvalue weighted by Gasteiger charge is -2.14. The molecule has 0 radical (unpaired) electrons. The van der Waals surface area contributed by atoms with Crippen LogP contribution in [0, 0.1) is 6.92 Å². The maximum Gasteiger partial charge on any atom is 0.255 e. The summed E-state index contributed by atoms with van der Waals surface area (Å²) in [6.07, 6.45) is 4.06. The molecule has 0 unspecified atom stereocenters. The maximum absolute atomic E-state index is 12.9. The number of carbonyl (C=O) groups excluding carboxylic acids is 1. The molecule has 1 saturated carbocycles. The zero-order valence-corrected chi connectivity index (χ0v) is 19.3. The van der Waals surface area contributed by atoms with E-state index in [-0.39, 0.29) is 11.3 Å². The molecule has 0 atom stereocenters. The molecule has 0 bridgehead atoms. The number of nitrogen functional groups attached to an aromatic ring is 1. The van der Waals surface area contributed by atoms with Gasteiger partial charge < -0.3 is 11.1 Å². The van der Waals surface area contributed by atoms with Crippen LogP contribution < -0.4 is 11.1 Å². The number of nitrogens with one attached hydrogen (secondary N) is 1. The predicted octanol–water partition coefficient (Wildman–Crippen LogP) is 6.32. The zero-order chi connectivity index (χ0) is 22.3. The van der Waals surface area contributed by atoms with Crippen molar-refractivity contribution >= 4 is 41.2 Å². The van der Waals surface area contributed by atoms with Gasteiger partial charge in [-0.3, -0.25) is 4.79 Å². The van der Waals surface area contributed by atoms with E-state index in [0.717, 1.165) is 39.4 Å². The van der Waals surface area contributed by atoms with Crippen LogP contribution in [-0.4, -0.2) is 10.9 Å². The highest BCUT2D eigenvalue weighted by atomic mass is 32.1. The van der Waals surface area contributed by atoms with Gasteiger partial charge in [0.25, 0.3) is 5.91 Å². The van der Waals surface area contributed by atoms with E-state index < -0.39 is 0 Å². The highest BCUT2D eigenvalue weighted by Crippen LogP contribution is 2.54. The Morgan fingerprint density at radius 1 is 1.06 bits per heavy atom. The molecule has 5 rings (SSSR count). The van der Waals surface area contributed by atoms with Crippen molar-refractivity contribution in [3.05, 3.63) is 93.9 Å². The van der Waals surface area contributed by atoms with Crippen LogP contribution in [0.1, 0.15) is 39.3 Å². The van der Waals surface area contributed by atoms with Crippen molar-refractivity contribution < 1.29 is 4.79 Å². The molecule has 6 heteroatoms. The second-order valence-corrected chi connectivity index (χ2v) is 9.63. The molecule has 3 N–H and O–H groups in total. The average Bonchev–Trinajstić information content (AvgIpc) is 3.42. The van der Waals surface area contributed by atoms with Gasteiger partial charge >= 0.3 is 0 Å². The fourth-order valence-electron chi connectivity index (χ4n) is 4.03. The minimum Gasteiger partial charge on any atom is -0.397 e. The quantitative estimate of drug-likeness (QED) is 0.243. The van der Waals surface area contributed by atoms with E-state index in [2.05, 4.69) is 29.0 Å². The molecule has 0 aliphatic heterocycles. The number of aryl methyl sites for hydroxylation is 1. The van der Waals surface area contributed by atoms with Crippen LogP contribution in [0.25, 0.3) is 11.1 Å². The minimum absolute atomic E-state index is 0.0304. The van der Waals surface area contributed by atoms with Gasteiger partial charge in [0.05, 0.1) is 11.4 Å². The summed E-state index contributed by atoms with van der Waals surface area (Å²) < 4.78 is 0. The molecule has 1 amide bonds. The van der Waals surface area contributed by atoms with Crippen molar-refractivity contribution in [2.24, 2.45) is 0 Å². The van der Waals surface area contributed by atoms with Gasteiger partial charge in [0, 0.05) is 27.5 Å². The van der Waals surface area contributed by atoms with Gasteiger partial charge in [-0.15, -0.1) is 24.0 Å². The van der Waals surface area contributed by atoms with E-state index in [1.807, 2.05) is 73.1 Å². The normalized spacial score (nSPS) is 14.2. The molecular weight excluding hydrogens is 434 g/mol. The van der Waals surface area contributed by atoms with Gasteiger partial charge in [-0.1, -0.05) is 30.3 Å². The molecule has 4 aromatic rings. The number of carbonyl (C=O) groups is 1. The standard InChI is InChI=1S/C26H23N3OS2/c1-16-14-18(5-9-23(16)31)19-4-8-21(27)22(15-19)29-24(30)17-2-6-20(7-3-17)26(10-11-26)25-28-12-13-32-25/h2-9,12-15,31H,10-11,27H2,1H3,(H,29,30). The van der Waals surface area contributed by atoms with E-state index >= 15 is 0 Å². The molecule has 1 aliphatic rings. The van der Waals surface area contributed by atoms with Crippen molar-refractivity contribution in [1.82, 2.24) is 4.98 Å². The highest BCUT2D eigenvalue weighted by Gasteiger charge is 2.48. The van der Waals surface area contributed by atoms with Gasteiger partial charge in [-0.25, -0.2) is 4.98 Å². The molecule has 1 aromatic heterocycles. The van der Waals surface area contributed by atoms with Crippen LogP contribution >= 0.6 is 24.0 Å². The number of thiazole rings is 1. The van der Waals surface area contributed by atoms with Crippen molar-refractivity contribution in [2.75, 3.05) is 11.1 Å². The third-order valence-corrected chi connectivity index (χ3v) is 7.60. The number of hydrogen-bond acceptors (Lipinski definition) is 5. The molecule has 3 aromatic carbocycles. The van der Waals surface area contributed by atoms with Gasteiger partial charge in [0.2, 0.25) is 0 Å². The lowest BCUT2D eigenvalue weighted by molar-refractivity contribution is 0.102. The number of rotatable bonds is 5. The van der Waals surface area contributed by atoms with Crippen LogP contribution in [0.3, 0.4) is 0 Å². The Morgan fingerprint density at radius 3 is 2.44 bits per heavy atom. The van der Waals surface area contributed by atoms with Crippen LogP contribution in [0.2, 0.25) is 0 Å². The Kier molecular flexibility index (Phi) is 5.27. The number of nitrogens with two attached hydrogens (primary N) is 1. The number of aromatic nitrogens is 1. The molecule has 160 valence electrons. The summed E-state index contributed by atoms with van der Waals surface area (Å²) in [7, 11) is 0. The second-order valence-electron chi connectivity index (χ2n) is 8.25. The van der Waals surface area contributed by atoms with Gasteiger partial charge in [0.15, 0.2) is 0 Å². The molecule has 0 spiro atoms. The Hall–Kier alpha value is -3.09. The average molecular weight is 458 g/mol. The van der Waals surface area contributed by atoms with E-state index in [0.29, 0.717) is 16.9 Å². The smallest absolute Gasteiger partial charge is 0.255 e. The SMILES string of the molecule is Cc1cc(-c2ccc(N)c(NC(=O)c3ccc(C4(c5nccs5)CC4)cc3)c2)ccc1S. The molecular formula is C26H23N3OS2. The van der Waals surface area contributed by atoms with Crippen LogP contribution in [-0.2, 0) is 5.41 Å². The first-order valence-electron chi connectivity index (χ1n) is 10.5. The summed E-state index contributed by atoms with van der Waals surface area (Å²) in [4.78, 5) is 18.4. The first kappa shape index (κ1) is 20.8. The summed E-state index contributed by atoms with van der Waals surface area (Å²) in [6.45, 7) is 2.02. The predicted molar refractivity (Wildman–Crippen MR) is 135 cm³/mol. The zero-order valence-electron chi connectivity index (χ0n) is 17.6. The number of nitrogens with zero attached hydrogens (tertiary/aromatic N) is 1. The summed E-state index contributed by atoms with van der Waals surface area (Å²) in [5, 5.41) is 6.15. The number of anilines is 2. The van der Waals surface area contributed by atoms with Gasteiger partial charge in [-0.05, 0) is 72.4 Å². The Balaban J connectivity index is 1.36. The monoisotopic (exact) mass is 457 g/mol. The summed E-state index contributed by atoms with van der Waals surface area (Å²) in [6, 6.07) is 19.6. The molecule has 1 fully saturated rings. The molecule has 32 heavy (non-hydrogen) atoms. The van der Waals surface area contributed by atoms with Crippen molar-refractivity contribution in [3.63, 3.8) is 0 Å². The molecule has 4 nitrogen and oxygen atoms in total. The van der Waals surface area contributed by atoms with E-state index in [1.165, 1.54) is 5.56 Å². The first-order chi connectivity index (χ1) is 15.5. The van der Waals surface area contributed by atoms with Gasteiger partial charge in [-0.2, -0.15) is 0 Å². The molecule has 1 heterocycles. The number of benzene rings is 3. The lowest BCUT2D eigenvalue weighted by Crippen LogP contribution is -2.14. The lowest BCUT2D eigenvalue weighted by atomic mass is 9.95. The number of hydrogen-bond donors (Lipinski definition) is 3. The Morgan fingerprint density at radius 2 is 1.78 bits per heavy atom. The second kappa shape index (κ2) is 8.11. The fraction of sp³-hybridized carbons (Fsp3) is 0.154. The van der Waals surface area contributed by atoms with Crippen LogP contribution in [0.4, 0.5) is 11.4 Å². The summed E-state index contributed by atoms with van der Waals surface area (Å²) >= 11 is 6.14. The maximum atomic E-state index is 12.9. The Bertz CT molecular complexity index is 1290. The van der Waals surface area contributed by atoms with E-state index in [4.69, 9.17) is 5.73 Å². The van der Waals surface area contributed by atoms with Crippen LogP contribution in [0.15, 0.2) is 77.1 Å². The minimum atomic E-state index is -0.179. The van der Waals surface area contributed by atoms with Crippen molar-refractivity contribution in [1.29, 1.82) is 0 Å². The van der Waals surface area contributed by atoms with Gasteiger partial charge in [0.1, 0.15) is 5.01 Å². The number of thiol groups is 1. The number of amides is 1. The topological polar surface area (TPSA) is 68.0 Å². The van der Waals surface area contributed by atoms with E-state index in [1.54, 1.807) is 11.3 Å². The van der Waals surface area contributed by atoms with E-state index in [9.17, 15) is 4.79 Å². The molecule has 1 aliphatic carbocycles. The third kappa shape index (κ3) is 3.80.